The Labute approximate surface area is 90.5 Å². The van der Waals surface area contributed by atoms with Crippen LogP contribution in [0.4, 0.5) is 0 Å². The molecule has 0 spiro atoms. The summed E-state index contributed by atoms with van der Waals surface area (Å²) in [5.74, 6) is 0. The smallest absolute Gasteiger partial charge is 0.111 e. The summed E-state index contributed by atoms with van der Waals surface area (Å²) >= 11 is 0. The Kier molecular flexibility index (Phi) is 3.54. The van der Waals surface area contributed by atoms with Gasteiger partial charge in [0.05, 0.1) is 13.2 Å². The van der Waals surface area contributed by atoms with E-state index in [1.54, 1.807) is 0 Å². The highest BCUT2D eigenvalue weighted by atomic mass is 16.6. The molecule has 15 heavy (non-hydrogen) atoms. The third-order valence-corrected chi connectivity index (χ3v) is 2.40. The second-order valence-corrected chi connectivity index (χ2v) is 3.67. The summed E-state index contributed by atoms with van der Waals surface area (Å²) in [6.07, 6.45) is 4.63. The molecule has 2 heteroatoms. The molecule has 0 unspecified atom stereocenters. The average molecular weight is 204 g/mol. The zero-order valence-corrected chi connectivity index (χ0v) is 8.93. The first-order valence-corrected chi connectivity index (χ1v) is 5.30. The molecule has 1 aliphatic rings. The highest BCUT2D eigenvalue weighted by Gasteiger charge is 2.36. The predicted molar refractivity (Wildman–Crippen MR) is 59.6 cm³/mol. The summed E-state index contributed by atoms with van der Waals surface area (Å²) in [7, 11) is 0. The molecule has 0 N–H and O–H groups in total. The van der Waals surface area contributed by atoms with Crippen LogP contribution in [0.15, 0.2) is 42.5 Å². The van der Waals surface area contributed by atoms with Crippen molar-refractivity contribution in [1.29, 1.82) is 0 Å². The molecule has 1 fully saturated rings. The maximum atomic E-state index is 5.56. The Bertz CT molecular complexity index is 319. The van der Waals surface area contributed by atoms with E-state index in [1.165, 1.54) is 5.56 Å². The summed E-state index contributed by atoms with van der Waals surface area (Å²) < 4.78 is 10.9. The molecule has 2 atom stereocenters. The molecule has 1 saturated heterocycles. The second-order valence-electron chi connectivity index (χ2n) is 3.67. The molecule has 1 aliphatic heterocycles. The Morgan fingerprint density at radius 3 is 2.87 bits per heavy atom. The molecule has 0 aliphatic carbocycles. The van der Waals surface area contributed by atoms with E-state index in [9.17, 15) is 0 Å². The van der Waals surface area contributed by atoms with Gasteiger partial charge >= 0.3 is 0 Å². The lowest BCUT2D eigenvalue weighted by molar-refractivity contribution is 0.104. The zero-order valence-electron chi connectivity index (χ0n) is 8.93. The molecule has 2 nitrogen and oxygen atoms in total. The first-order chi connectivity index (χ1) is 7.40. The standard InChI is InChI=1S/C13H16O2/c1-2-6-12-13(15-12)10-14-9-11-7-4-3-5-8-11/h2-8,12-13H,9-10H2,1H3/b6-2-/t12-,13+/m1/s1. The molecule has 2 rings (SSSR count). The van der Waals surface area contributed by atoms with Gasteiger partial charge in [-0.15, -0.1) is 0 Å². The molecule has 0 aromatic heterocycles. The Balaban J connectivity index is 1.64. The van der Waals surface area contributed by atoms with Crippen molar-refractivity contribution in [1.82, 2.24) is 0 Å². The van der Waals surface area contributed by atoms with Crippen LogP contribution in [0.2, 0.25) is 0 Å². The number of epoxide rings is 1. The van der Waals surface area contributed by atoms with Crippen LogP contribution in [0, 0.1) is 0 Å². The van der Waals surface area contributed by atoms with Gasteiger partial charge in [0, 0.05) is 0 Å². The topological polar surface area (TPSA) is 21.8 Å². The first kappa shape index (κ1) is 10.4. The Morgan fingerprint density at radius 2 is 2.13 bits per heavy atom. The van der Waals surface area contributed by atoms with E-state index in [0.717, 1.165) is 0 Å². The first-order valence-electron chi connectivity index (χ1n) is 5.30. The fourth-order valence-electron chi connectivity index (χ4n) is 1.52. The van der Waals surface area contributed by atoms with Gasteiger partial charge in [0.1, 0.15) is 12.2 Å². The maximum absolute atomic E-state index is 5.56. The van der Waals surface area contributed by atoms with Crippen LogP contribution in [0.1, 0.15) is 12.5 Å². The summed E-state index contributed by atoms with van der Waals surface area (Å²) in [6.45, 7) is 3.36. The van der Waals surface area contributed by atoms with Crippen LogP contribution >= 0.6 is 0 Å². The normalized spacial score (nSPS) is 24.6. The number of hydrogen-bond acceptors (Lipinski definition) is 2. The third kappa shape index (κ3) is 3.18. The fourth-order valence-corrected chi connectivity index (χ4v) is 1.52. The molecule has 0 radical (unpaired) electrons. The summed E-state index contributed by atoms with van der Waals surface area (Å²) in [4.78, 5) is 0. The molecule has 1 heterocycles. The largest absolute Gasteiger partial charge is 0.374 e. The highest BCUT2D eigenvalue weighted by Crippen LogP contribution is 2.23. The minimum Gasteiger partial charge on any atom is -0.374 e. The molecular formula is C13H16O2. The van der Waals surface area contributed by atoms with Gasteiger partial charge in [0.15, 0.2) is 0 Å². The molecular weight excluding hydrogens is 188 g/mol. The number of allylic oxidation sites excluding steroid dienone is 1. The average Bonchev–Trinajstić information content (AvgIpc) is 2.99. The van der Waals surface area contributed by atoms with Gasteiger partial charge in [0.25, 0.3) is 0 Å². The van der Waals surface area contributed by atoms with Crippen molar-refractivity contribution in [2.75, 3.05) is 6.61 Å². The van der Waals surface area contributed by atoms with Crippen molar-refractivity contribution >= 4 is 0 Å². The monoisotopic (exact) mass is 204 g/mol. The van der Waals surface area contributed by atoms with Gasteiger partial charge in [-0.1, -0.05) is 42.5 Å². The van der Waals surface area contributed by atoms with Crippen molar-refractivity contribution in [2.45, 2.75) is 25.7 Å². The van der Waals surface area contributed by atoms with Crippen LogP contribution in [-0.4, -0.2) is 18.8 Å². The number of ether oxygens (including phenoxy) is 2. The van der Waals surface area contributed by atoms with E-state index in [2.05, 4.69) is 18.2 Å². The van der Waals surface area contributed by atoms with Gasteiger partial charge in [-0.05, 0) is 12.5 Å². The van der Waals surface area contributed by atoms with E-state index in [1.807, 2.05) is 31.2 Å². The van der Waals surface area contributed by atoms with Crippen LogP contribution in [0.25, 0.3) is 0 Å². The summed E-state index contributed by atoms with van der Waals surface area (Å²) in [5, 5.41) is 0. The molecule has 0 amide bonds. The number of hydrogen-bond donors (Lipinski definition) is 0. The van der Waals surface area contributed by atoms with Crippen molar-refractivity contribution in [3.8, 4) is 0 Å². The van der Waals surface area contributed by atoms with E-state index in [0.29, 0.717) is 13.2 Å². The van der Waals surface area contributed by atoms with Crippen LogP contribution in [0.3, 0.4) is 0 Å². The molecule has 0 bridgehead atoms. The molecule has 80 valence electrons. The third-order valence-electron chi connectivity index (χ3n) is 2.40. The van der Waals surface area contributed by atoms with Crippen LogP contribution in [-0.2, 0) is 16.1 Å². The van der Waals surface area contributed by atoms with Gasteiger partial charge in [-0.3, -0.25) is 0 Å². The minimum atomic E-state index is 0.268. The van der Waals surface area contributed by atoms with Gasteiger partial charge in [-0.25, -0.2) is 0 Å². The van der Waals surface area contributed by atoms with Gasteiger partial charge < -0.3 is 9.47 Å². The van der Waals surface area contributed by atoms with Crippen molar-refractivity contribution < 1.29 is 9.47 Å². The highest BCUT2D eigenvalue weighted by molar-refractivity contribution is 5.13. The van der Waals surface area contributed by atoms with E-state index in [-0.39, 0.29) is 12.2 Å². The van der Waals surface area contributed by atoms with E-state index >= 15 is 0 Å². The Morgan fingerprint density at radius 1 is 1.33 bits per heavy atom. The molecule has 0 saturated carbocycles. The lowest BCUT2D eigenvalue weighted by Crippen LogP contribution is -2.03. The SMILES string of the molecule is C/C=C\[C@H]1O[C@H]1COCc1ccccc1. The van der Waals surface area contributed by atoms with Crippen LogP contribution in [0.5, 0.6) is 0 Å². The van der Waals surface area contributed by atoms with E-state index in [4.69, 9.17) is 9.47 Å². The lowest BCUT2D eigenvalue weighted by Gasteiger charge is -2.01. The molecule has 1 aromatic carbocycles. The van der Waals surface area contributed by atoms with Crippen molar-refractivity contribution in [3.05, 3.63) is 48.0 Å². The summed E-state index contributed by atoms with van der Waals surface area (Å²) in [6, 6.07) is 10.2. The number of benzene rings is 1. The number of rotatable bonds is 5. The van der Waals surface area contributed by atoms with Gasteiger partial charge in [0.2, 0.25) is 0 Å². The van der Waals surface area contributed by atoms with Crippen molar-refractivity contribution in [2.24, 2.45) is 0 Å². The summed E-state index contributed by atoms with van der Waals surface area (Å²) in [5.41, 5.74) is 1.21. The van der Waals surface area contributed by atoms with Crippen molar-refractivity contribution in [3.63, 3.8) is 0 Å². The quantitative estimate of drug-likeness (QED) is 0.543. The maximum Gasteiger partial charge on any atom is 0.111 e. The second kappa shape index (κ2) is 5.10. The minimum absolute atomic E-state index is 0.268. The molecule has 1 aromatic rings. The van der Waals surface area contributed by atoms with Crippen LogP contribution < -0.4 is 0 Å². The lowest BCUT2D eigenvalue weighted by atomic mass is 10.2. The van der Waals surface area contributed by atoms with E-state index < -0.39 is 0 Å². The van der Waals surface area contributed by atoms with Gasteiger partial charge in [-0.2, -0.15) is 0 Å². The predicted octanol–water partition coefficient (Wildman–Crippen LogP) is 2.55. The Hall–Kier alpha value is -1.12. The fraction of sp³-hybridized carbons (Fsp3) is 0.385. The zero-order chi connectivity index (χ0) is 10.5.